The van der Waals surface area contributed by atoms with Crippen LogP contribution in [0.4, 0.5) is 0 Å². The van der Waals surface area contributed by atoms with E-state index in [1.807, 2.05) is 43.0 Å². The summed E-state index contributed by atoms with van der Waals surface area (Å²) in [6, 6.07) is 8.18. The maximum absolute atomic E-state index is 5.37. The highest BCUT2D eigenvalue weighted by Crippen LogP contribution is 2.35. The highest BCUT2D eigenvalue weighted by Gasteiger charge is 2.18. The summed E-state index contributed by atoms with van der Waals surface area (Å²) in [5, 5.41) is 1.91. The largest absolute Gasteiger partial charge is 0.389 e. The lowest BCUT2D eigenvalue weighted by atomic mass is 10.1. The van der Waals surface area contributed by atoms with Crippen LogP contribution in [0.3, 0.4) is 0 Å². The van der Waals surface area contributed by atoms with E-state index in [1.165, 1.54) is 12.0 Å². The van der Waals surface area contributed by atoms with Crippen LogP contribution >= 0.6 is 23.8 Å². The first kappa shape index (κ1) is 15.2. The molecular formula is C16H13N5OS2. The van der Waals surface area contributed by atoms with Gasteiger partial charge >= 0.3 is 6.01 Å². The molecule has 0 aliphatic heterocycles. The molecule has 0 saturated carbocycles. The van der Waals surface area contributed by atoms with E-state index in [4.69, 9.17) is 4.18 Å². The van der Waals surface area contributed by atoms with E-state index in [0.29, 0.717) is 6.01 Å². The predicted molar refractivity (Wildman–Crippen MR) is 97.4 cm³/mol. The molecule has 0 atom stereocenters. The maximum Gasteiger partial charge on any atom is 0.329 e. The van der Waals surface area contributed by atoms with Crippen molar-refractivity contribution in [2.75, 3.05) is 12.5 Å². The number of pyridine rings is 1. The fourth-order valence-corrected chi connectivity index (χ4v) is 3.49. The highest BCUT2D eigenvalue weighted by molar-refractivity contribution is 7.98. The van der Waals surface area contributed by atoms with Crippen LogP contribution in [0.5, 0.6) is 6.01 Å². The van der Waals surface area contributed by atoms with E-state index in [9.17, 15) is 0 Å². The van der Waals surface area contributed by atoms with Crippen molar-refractivity contribution in [1.82, 2.24) is 24.3 Å². The van der Waals surface area contributed by atoms with Gasteiger partial charge in [-0.15, -0.1) is 0 Å². The van der Waals surface area contributed by atoms with Crippen LogP contribution < -0.4 is 4.18 Å². The fourth-order valence-electron chi connectivity index (χ4n) is 2.72. The van der Waals surface area contributed by atoms with Gasteiger partial charge in [-0.05, 0) is 30.5 Å². The van der Waals surface area contributed by atoms with Gasteiger partial charge in [-0.2, -0.15) is 4.98 Å². The Bertz CT molecular complexity index is 1030. The third-order valence-electron chi connectivity index (χ3n) is 3.60. The van der Waals surface area contributed by atoms with Crippen LogP contribution in [0.1, 0.15) is 0 Å². The average molecular weight is 355 g/mol. The lowest BCUT2D eigenvalue weighted by Gasteiger charge is -2.04. The molecule has 0 radical (unpaired) electrons. The number of aromatic nitrogens is 5. The van der Waals surface area contributed by atoms with E-state index in [0.717, 1.165) is 33.0 Å². The normalized spacial score (nSPS) is 11.2. The first-order valence-corrected chi connectivity index (χ1v) is 9.53. The SMILES string of the molecule is CSOc1nccc(-c2c3cccnc3n3c(SC)nccc23)n1. The van der Waals surface area contributed by atoms with Crippen molar-refractivity contribution in [1.29, 1.82) is 0 Å². The Balaban J connectivity index is 2.09. The van der Waals surface area contributed by atoms with Crippen molar-refractivity contribution in [2.24, 2.45) is 0 Å². The van der Waals surface area contributed by atoms with Crippen molar-refractivity contribution < 1.29 is 4.18 Å². The zero-order chi connectivity index (χ0) is 16.5. The van der Waals surface area contributed by atoms with Crippen LogP contribution in [0.25, 0.3) is 27.8 Å². The Morgan fingerprint density at radius 2 is 1.88 bits per heavy atom. The molecule has 4 aromatic heterocycles. The lowest BCUT2D eigenvalue weighted by molar-refractivity contribution is 0.589. The molecule has 4 rings (SSSR count). The number of nitrogens with zero attached hydrogens (tertiary/aromatic N) is 5. The standard InChI is InChI=1S/C16H13N5OS2/c1-23-16-19-9-6-12-13(10-4-3-7-17-14(10)21(12)16)11-5-8-18-15(20-11)22-24-2/h3-9H,1-2H3. The number of rotatable bonds is 4. The number of fused-ring (bicyclic) bond motifs is 3. The summed E-state index contributed by atoms with van der Waals surface area (Å²) in [5.41, 5.74) is 3.68. The van der Waals surface area contributed by atoms with Gasteiger partial charge in [0.2, 0.25) is 0 Å². The van der Waals surface area contributed by atoms with Crippen LogP contribution in [-0.2, 0) is 0 Å². The van der Waals surface area contributed by atoms with E-state index in [1.54, 1.807) is 24.2 Å². The molecule has 0 aliphatic rings. The van der Waals surface area contributed by atoms with E-state index in [-0.39, 0.29) is 0 Å². The Morgan fingerprint density at radius 1 is 1.00 bits per heavy atom. The fraction of sp³-hybridized carbons (Fsp3) is 0.125. The molecule has 4 heterocycles. The molecule has 0 saturated heterocycles. The smallest absolute Gasteiger partial charge is 0.329 e. The summed E-state index contributed by atoms with van der Waals surface area (Å²) in [7, 11) is 0. The van der Waals surface area contributed by atoms with Crippen LogP contribution in [0, 0.1) is 0 Å². The van der Waals surface area contributed by atoms with Crippen molar-refractivity contribution >= 4 is 40.4 Å². The molecule has 0 fully saturated rings. The number of thioether (sulfide) groups is 1. The molecule has 120 valence electrons. The van der Waals surface area contributed by atoms with Crippen LogP contribution in [0.2, 0.25) is 0 Å². The summed E-state index contributed by atoms with van der Waals surface area (Å²) < 4.78 is 7.43. The van der Waals surface area contributed by atoms with Crippen LogP contribution in [-0.4, -0.2) is 36.8 Å². The van der Waals surface area contributed by atoms with Gasteiger partial charge < -0.3 is 4.18 Å². The molecule has 0 aromatic carbocycles. The quantitative estimate of drug-likeness (QED) is 0.314. The molecule has 4 aromatic rings. The zero-order valence-corrected chi connectivity index (χ0v) is 14.6. The second kappa shape index (κ2) is 6.29. The second-order valence-corrected chi connectivity index (χ2v) is 6.15. The van der Waals surface area contributed by atoms with Gasteiger partial charge in [0.15, 0.2) is 5.16 Å². The summed E-state index contributed by atoms with van der Waals surface area (Å²) in [4.78, 5) is 17.7. The maximum atomic E-state index is 5.37. The predicted octanol–water partition coefficient (Wildman–Crippen LogP) is 3.72. The Labute approximate surface area is 146 Å². The molecule has 0 aliphatic carbocycles. The average Bonchev–Trinajstić information content (AvgIpc) is 2.97. The molecule has 8 heteroatoms. The first-order valence-electron chi connectivity index (χ1n) is 7.15. The van der Waals surface area contributed by atoms with Gasteiger partial charge in [0.1, 0.15) is 5.65 Å². The summed E-state index contributed by atoms with van der Waals surface area (Å²) in [5.74, 6) is 0. The minimum Gasteiger partial charge on any atom is -0.389 e. The summed E-state index contributed by atoms with van der Waals surface area (Å²) in [6.45, 7) is 0. The highest BCUT2D eigenvalue weighted by atomic mass is 32.2. The topological polar surface area (TPSA) is 65.2 Å². The van der Waals surface area contributed by atoms with E-state index in [2.05, 4.69) is 24.3 Å². The molecule has 0 spiro atoms. The Hall–Kier alpha value is -2.32. The minimum atomic E-state index is 0.343. The first-order chi connectivity index (χ1) is 11.8. The van der Waals surface area contributed by atoms with Crippen molar-refractivity contribution in [2.45, 2.75) is 5.16 Å². The molecule has 0 N–H and O–H groups in total. The third kappa shape index (κ3) is 2.38. The second-order valence-electron chi connectivity index (χ2n) is 4.88. The van der Waals surface area contributed by atoms with Crippen molar-refractivity contribution in [3.8, 4) is 17.3 Å². The molecule has 0 amide bonds. The molecular weight excluding hydrogens is 342 g/mol. The minimum absolute atomic E-state index is 0.343. The van der Waals surface area contributed by atoms with Gasteiger partial charge in [-0.3, -0.25) is 4.40 Å². The molecule has 0 unspecified atom stereocenters. The van der Waals surface area contributed by atoms with E-state index >= 15 is 0 Å². The third-order valence-corrected chi connectivity index (χ3v) is 4.57. The Morgan fingerprint density at radius 3 is 2.71 bits per heavy atom. The van der Waals surface area contributed by atoms with Crippen molar-refractivity contribution in [3.63, 3.8) is 0 Å². The Kier molecular flexibility index (Phi) is 3.99. The molecule has 24 heavy (non-hydrogen) atoms. The summed E-state index contributed by atoms with van der Waals surface area (Å²) in [6.07, 6.45) is 9.14. The molecule has 6 nitrogen and oxygen atoms in total. The lowest BCUT2D eigenvalue weighted by Crippen LogP contribution is -1.94. The zero-order valence-electron chi connectivity index (χ0n) is 13.0. The van der Waals surface area contributed by atoms with Gasteiger partial charge in [-0.1, -0.05) is 11.8 Å². The monoisotopic (exact) mass is 355 g/mol. The van der Waals surface area contributed by atoms with Gasteiger partial charge in [0, 0.05) is 35.8 Å². The van der Waals surface area contributed by atoms with Gasteiger partial charge in [0.05, 0.1) is 23.3 Å². The van der Waals surface area contributed by atoms with Crippen LogP contribution in [0.15, 0.2) is 48.0 Å². The van der Waals surface area contributed by atoms with E-state index < -0.39 is 0 Å². The summed E-state index contributed by atoms with van der Waals surface area (Å²) >= 11 is 2.80. The number of hydrogen-bond acceptors (Lipinski definition) is 7. The van der Waals surface area contributed by atoms with Gasteiger partial charge in [0.25, 0.3) is 0 Å². The van der Waals surface area contributed by atoms with Crippen molar-refractivity contribution in [3.05, 3.63) is 42.9 Å². The van der Waals surface area contributed by atoms with Gasteiger partial charge in [-0.25, -0.2) is 15.0 Å². The number of hydrogen-bond donors (Lipinski definition) is 0. The molecule has 0 bridgehead atoms.